The topological polar surface area (TPSA) is 65.5 Å². The van der Waals surface area contributed by atoms with Crippen molar-refractivity contribution in [2.75, 3.05) is 37.6 Å². The summed E-state index contributed by atoms with van der Waals surface area (Å²) in [6.45, 7) is 4.53. The van der Waals surface area contributed by atoms with Crippen LogP contribution >= 0.6 is 23.2 Å². The average molecular weight is 457 g/mol. The third kappa shape index (κ3) is 4.75. The van der Waals surface area contributed by atoms with Crippen LogP contribution in [-0.2, 0) is 4.79 Å². The molecule has 0 aliphatic carbocycles. The van der Waals surface area contributed by atoms with E-state index >= 15 is 0 Å². The molecule has 2 amide bonds. The molecule has 6 nitrogen and oxygen atoms in total. The molecule has 1 aliphatic heterocycles. The number of aromatic nitrogens is 1. The Labute approximate surface area is 190 Å². The smallest absolute Gasteiger partial charge is 0.253 e. The Morgan fingerprint density at radius 3 is 2.52 bits per heavy atom. The van der Waals surface area contributed by atoms with Gasteiger partial charge in [0.1, 0.15) is 5.82 Å². The van der Waals surface area contributed by atoms with Gasteiger partial charge in [-0.3, -0.25) is 9.59 Å². The van der Waals surface area contributed by atoms with Crippen LogP contribution in [0.15, 0.2) is 48.5 Å². The van der Waals surface area contributed by atoms with Crippen LogP contribution in [0.1, 0.15) is 15.9 Å². The van der Waals surface area contributed by atoms with Crippen LogP contribution in [0.25, 0.3) is 10.9 Å². The molecule has 3 aromatic rings. The van der Waals surface area contributed by atoms with Crippen LogP contribution in [0.5, 0.6) is 0 Å². The van der Waals surface area contributed by atoms with Gasteiger partial charge < -0.3 is 15.1 Å². The summed E-state index contributed by atoms with van der Waals surface area (Å²) < 4.78 is 0. The van der Waals surface area contributed by atoms with Gasteiger partial charge in [-0.1, -0.05) is 41.4 Å². The molecule has 0 unspecified atom stereocenters. The lowest BCUT2D eigenvalue weighted by Crippen LogP contribution is -2.51. The van der Waals surface area contributed by atoms with Crippen molar-refractivity contribution >= 4 is 51.7 Å². The van der Waals surface area contributed by atoms with E-state index < -0.39 is 5.91 Å². The average Bonchev–Trinajstić information content (AvgIpc) is 2.77. The first kappa shape index (κ1) is 21.4. The second kappa shape index (κ2) is 9.12. The second-order valence-electron chi connectivity index (χ2n) is 7.49. The maximum Gasteiger partial charge on any atom is 0.253 e. The van der Waals surface area contributed by atoms with Gasteiger partial charge in [-0.05, 0) is 42.8 Å². The molecule has 0 atom stereocenters. The molecule has 2 aromatic carbocycles. The van der Waals surface area contributed by atoms with E-state index in [9.17, 15) is 9.59 Å². The van der Waals surface area contributed by atoms with E-state index in [0.29, 0.717) is 36.8 Å². The number of aryl methyl sites for hydroxylation is 1. The highest BCUT2D eigenvalue weighted by Crippen LogP contribution is 2.23. The molecule has 0 radical (unpaired) electrons. The van der Waals surface area contributed by atoms with E-state index in [4.69, 9.17) is 28.2 Å². The molecule has 160 valence electrons. The van der Waals surface area contributed by atoms with Gasteiger partial charge in [0.2, 0.25) is 5.91 Å². The van der Waals surface area contributed by atoms with Crippen molar-refractivity contribution in [2.45, 2.75) is 6.92 Å². The zero-order chi connectivity index (χ0) is 22.0. The first-order valence-electron chi connectivity index (χ1n) is 10.0. The number of hydrogen-bond acceptors (Lipinski definition) is 4. The zero-order valence-corrected chi connectivity index (χ0v) is 18.6. The molecule has 0 saturated carbocycles. The third-order valence-corrected chi connectivity index (χ3v) is 5.99. The van der Waals surface area contributed by atoms with Gasteiger partial charge in [0.05, 0.1) is 22.6 Å². The number of carbonyl (C=O) groups excluding carboxylic acids is 2. The molecule has 0 bridgehead atoms. The Balaban J connectivity index is 1.33. The van der Waals surface area contributed by atoms with Crippen molar-refractivity contribution in [1.29, 1.82) is 0 Å². The Bertz CT molecular complexity index is 1140. The molecule has 2 heterocycles. The van der Waals surface area contributed by atoms with Gasteiger partial charge in [-0.25, -0.2) is 4.98 Å². The van der Waals surface area contributed by atoms with Crippen LogP contribution in [0, 0.1) is 6.92 Å². The fourth-order valence-electron chi connectivity index (χ4n) is 3.72. The van der Waals surface area contributed by atoms with Crippen molar-refractivity contribution in [2.24, 2.45) is 0 Å². The van der Waals surface area contributed by atoms with Gasteiger partial charge in [0.15, 0.2) is 0 Å². The number of nitrogens with zero attached hydrogens (tertiary/aromatic N) is 3. The predicted octanol–water partition coefficient (Wildman–Crippen LogP) is 3.93. The van der Waals surface area contributed by atoms with Crippen molar-refractivity contribution in [3.05, 3.63) is 69.7 Å². The molecule has 1 aromatic heterocycles. The number of carbonyl (C=O) groups is 2. The fourth-order valence-corrected chi connectivity index (χ4v) is 4.21. The molecular formula is C23H22Cl2N4O2. The van der Waals surface area contributed by atoms with E-state index in [2.05, 4.69) is 29.3 Å². The summed E-state index contributed by atoms with van der Waals surface area (Å²) in [5.41, 5.74) is 2.45. The van der Waals surface area contributed by atoms with E-state index in [0.717, 1.165) is 16.7 Å². The van der Waals surface area contributed by atoms with Crippen LogP contribution in [-0.4, -0.2) is 54.4 Å². The van der Waals surface area contributed by atoms with Gasteiger partial charge in [0.25, 0.3) is 5.91 Å². The van der Waals surface area contributed by atoms with Crippen LogP contribution < -0.4 is 10.2 Å². The lowest BCUT2D eigenvalue weighted by atomic mass is 10.1. The highest BCUT2D eigenvalue weighted by molar-refractivity contribution is 6.36. The minimum absolute atomic E-state index is 0.0783. The molecule has 1 aliphatic rings. The summed E-state index contributed by atoms with van der Waals surface area (Å²) >= 11 is 11.9. The number of halogens is 2. The summed E-state index contributed by atoms with van der Waals surface area (Å²) in [6, 6.07) is 14.8. The second-order valence-corrected chi connectivity index (χ2v) is 8.33. The summed E-state index contributed by atoms with van der Waals surface area (Å²) in [6.07, 6.45) is 0. The normalized spacial score (nSPS) is 14.0. The monoisotopic (exact) mass is 456 g/mol. The number of piperazine rings is 1. The SMILES string of the molecule is Cc1cc(N2CCN(C(=O)CNC(=O)c3ccc(Cl)cc3Cl)CC2)nc2ccccc12. The largest absolute Gasteiger partial charge is 0.353 e. The minimum atomic E-state index is -0.399. The number of nitrogens with one attached hydrogen (secondary N) is 1. The predicted molar refractivity (Wildman–Crippen MR) is 124 cm³/mol. The molecule has 1 saturated heterocycles. The van der Waals surface area contributed by atoms with Crippen LogP contribution in [0.3, 0.4) is 0 Å². The highest BCUT2D eigenvalue weighted by Gasteiger charge is 2.23. The molecule has 1 fully saturated rings. The minimum Gasteiger partial charge on any atom is -0.353 e. The van der Waals surface area contributed by atoms with Gasteiger partial charge in [0, 0.05) is 36.6 Å². The number of para-hydroxylation sites is 1. The first-order valence-corrected chi connectivity index (χ1v) is 10.8. The Morgan fingerprint density at radius 2 is 1.77 bits per heavy atom. The third-order valence-electron chi connectivity index (χ3n) is 5.44. The summed E-state index contributed by atoms with van der Waals surface area (Å²) in [4.78, 5) is 33.6. The Kier molecular flexibility index (Phi) is 6.30. The molecule has 0 spiro atoms. The molecule has 1 N–H and O–H groups in total. The van der Waals surface area contributed by atoms with Gasteiger partial charge >= 0.3 is 0 Å². The lowest BCUT2D eigenvalue weighted by Gasteiger charge is -2.35. The zero-order valence-electron chi connectivity index (χ0n) is 17.1. The van der Waals surface area contributed by atoms with E-state index in [1.165, 1.54) is 11.6 Å². The van der Waals surface area contributed by atoms with E-state index in [1.807, 2.05) is 18.2 Å². The maximum absolute atomic E-state index is 12.6. The van der Waals surface area contributed by atoms with Crippen LogP contribution in [0.4, 0.5) is 5.82 Å². The fraction of sp³-hybridized carbons (Fsp3) is 0.261. The molecular weight excluding hydrogens is 435 g/mol. The summed E-state index contributed by atoms with van der Waals surface area (Å²) in [5.74, 6) is 0.402. The number of pyridine rings is 1. The summed E-state index contributed by atoms with van der Waals surface area (Å²) in [5, 5.41) is 4.50. The van der Waals surface area contributed by atoms with E-state index in [-0.39, 0.29) is 17.5 Å². The van der Waals surface area contributed by atoms with E-state index in [1.54, 1.807) is 17.0 Å². The first-order chi connectivity index (χ1) is 14.9. The van der Waals surface area contributed by atoms with Crippen LogP contribution in [0.2, 0.25) is 10.0 Å². The Hall–Kier alpha value is -2.83. The Morgan fingerprint density at radius 1 is 1.03 bits per heavy atom. The highest BCUT2D eigenvalue weighted by atomic mass is 35.5. The van der Waals surface area contributed by atoms with Crippen molar-refractivity contribution in [3.63, 3.8) is 0 Å². The molecule has 31 heavy (non-hydrogen) atoms. The number of rotatable bonds is 4. The van der Waals surface area contributed by atoms with Crippen molar-refractivity contribution in [1.82, 2.24) is 15.2 Å². The summed E-state index contributed by atoms with van der Waals surface area (Å²) in [7, 11) is 0. The standard InChI is InChI=1S/C23H22Cl2N4O2/c1-15-12-21(27-20-5-3-2-4-17(15)20)28-8-10-29(11-9-28)22(30)14-26-23(31)18-7-6-16(24)13-19(18)25/h2-7,12-13H,8-11,14H2,1H3,(H,26,31). The quantitative estimate of drug-likeness (QED) is 0.645. The van der Waals surface area contributed by atoms with Gasteiger partial charge in [-0.15, -0.1) is 0 Å². The maximum atomic E-state index is 12.6. The number of anilines is 1. The number of amides is 2. The van der Waals surface area contributed by atoms with Crippen molar-refractivity contribution < 1.29 is 9.59 Å². The van der Waals surface area contributed by atoms with Gasteiger partial charge in [-0.2, -0.15) is 0 Å². The lowest BCUT2D eigenvalue weighted by molar-refractivity contribution is -0.130. The molecule has 4 rings (SSSR count). The number of benzene rings is 2. The van der Waals surface area contributed by atoms with Crippen molar-refractivity contribution in [3.8, 4) is 0 Å². The molecule has 8 heteroatoms. The number of fused-ring (bicyclic) bond motifs is 1. The number of hydrogen-bond donors (Lipinski definition) is 1.